The Hall–Kier alpha value is -2.59. The molecule has 160 valence electrons. The Morgan fingerprint density at radius 2 is 1.97 bits per heavy atom. The number of aromatic nitrogens is 1. The van der Waals surface area contributed by atoms with Crippen molar-refractivity contribution < 1.29 is 32.2 Å². The number of hydrogen-bond donors (Lipinski definition) is 3. The summed E-state index contributed by atoms with van der Waals surface area (Å²) in [6.45, 7) is 3.19. The molecular formula is C19H24F3N3O4. The zero-order chi connectivity index (χ0) is 21.6. The van der Waals surface area contributed by atoms with E-state index in [4.69, 9.17) is 4.74 Å². The molecule has 0 radical (unpaired) electrons. The molecule has 2 unspecified atom stereocenters. The molecule has 2 atom stereocenters. The van der Waals surface area contributed by atoms with Gasteiger partial charge in [0, 0.05) is 19.6 Å². The highest BCUT2D eigenvalue weighted by atomic mass is 19.4. The molecule has 2 rings (SSSR count). The van der Waals surface area contributed by atoms with Gasteiger partial charge in [0.1, 0.15) is 11.9 Å². The van der Waals surface area contributed by atoms with Gasteiger partial charge in [0.05, 0.1) is 5.69 Å². The number of nitrogens with zero attached hydrogens (tertiary/aromatic N) is 1. The lowest BCUT2D eigenvalue weighted by molar-refractivity contribution is -0.158. The van der Waals surface area contributed by atoms with Gasteiger partial charge in [-0.2, -0.15) is 13.2 Å². The lowest BCUT2D eigenvalue weighted by atomic mass is 10.1. The van der Waals surface area contributed by atoms with Gasteiger partial charge in [0.25, 0.3) is 5.91 Å². The number of halogens is 3. The second kappa shape index (κ2) is 9.75. The molecule has 1 aromatic heterocycles. The largest absolute Gasteiger partial charge is 0.484 e. The predicted molar refractivity (Wildman–Crippen MR) is 98.4 cm³/mol. The number of rotatable bonds is 9. The Kier molecular flexibility index (Phi) is 7.63. The Morgan fingerprint density at radius 1 is 1.31 bits per heavy atom. The molecule has 0 fully saturated rings. The smallest absolute Gasteiger partial charge is 0.468 e. The van der Waals surface area contributed by atoms with Gasteiger partial charge in [-0.15, -0.1) is 0 Å². The first-order valence-corrected chi connectivity index (χ1v) is 8.98. The van der Waals surface area contributed by atoms with E-state index in [2.05, 4.69) is 20.0 Å². The van der Waals surface area contributed by atoms with Crippen molar-refractivity contribution >= 4 is 5.91 Å². The second-order valence-corrected chi connectivity index (χ2v) is 6.60. The van der Waals surface area contributed by atoms with E-state index < -0.39 is 18.2 Å². The number of oxazole rings is 1. The molecule has 0 spiro atoms. The van der Waals surface area contributed by atoms with Crippen LogP contribution in [0.4, 0.5) is 13.2 Å². The first kappa shape index (κ1) is 22.7. The van der Waals surface area contributed by atoms with Crippen molar-refractivity contribution in [2.24, 2.45) is 0 Å². The molecule has 0 bridgehead atoms. The fourth-order valence-electron chi connectivity index (χ4n) is 2.61. The first-order chi connectivity index (χ1) is 13.6. The zero-order valence-corrected chi connectivity index (χ0v) is 16.3. The summed E-state index contributed by atoms with van der Waals surface area (Å²) in [5.41, 5.74) is 0.994. The van der Waals surface area contributed by atoms with Gasteiger partial charge in [-0.05, 0) is 38.0 Å². The minimum Gasteiger partial charge on any atom is -0.484 e. The average molecular weight is 415 g/mol. The van der Waals surface area contributed by atoms with Crippen molar-refractivity contribution in [3.8, 4) is 5.75 Å². The number of hydrogen-bond acceptors (Lipinski definition) is 6. The summed E-state index contributed by atoms with van der Waals surface area (Å²) in [6.07, 6.45) is -5.33. The Balaban J connectivity index is 1.84. The van der Waals surface area contributed by atoms with Gasteiger partial charge in [-0.25, -0.2) is 4.98 Å². The lowest BCUT2D eigenvalue weighted by Crippen LogP contribution is -2.32. The molecule has 0 saturated carbocycles. The lowest BCUT2D eigenvalue weighted by Gasteiger charge is -2.16. The summed E-state index contributed by atoms with van der Waals surface area (Å²) in [7, 11) is 1.53. The molecule has 29 heavy (non-hydrogen) atoms. The molecule has 0 saturated heterocycles. The molecule has 10 heteroatoms. The van der Waals surface area contributed by atoms with Gasteiger partial charge in [-0.3, -0.25) is 4.79 Å². The van der Waals surface area contributed by atoms with E-state index in [1.165, 1.54) is 14.0 Å². The number of benzene rings is 1. The van der Waals surface area contributed by atoms with Gasteiger partial charge in [0.15, 0.2) is 12.4 Å². The standard InChI is InChI=1S/C19H24F3N3O4/c1-11(8-13-4-6-14(7-5-13)28-10-16(27)23-3)24-9-15(26)17-12(2)25-18(29-17)19(20,21)22/h4-7,11,15,24,26H,8-10H2,1-3H3,(H,23,27). The summed E-state index contributed by atoms with van der Waals surface area (Å²) in [5, 5.41) is 15.7. The number of aliphatic hydroxyl groups excluding tert-OH is 1. The maximum Gasteiger partial charge on any atom is 0.468 e. The van der Waals surface area contributed by atoms with Crippen LogP contribution in [0.25, 0.3) is 0 Å². The van der Waals surface area contributed by atoms with Crippen molar-refractivity contribution in [3.63, 3.8) is 0 Å². The van der Waals surface area contributed by atoms with Crippen molar-refractivity contribution in [2.45, 2.75) is 38.6 Å². The number of alkyl halides is 3. The van der Waals surface area contributed by atoms with Crippen LogP contribution >= 0.6 is 0 Å². The minimum atomic E-state index is -4.69. The van der Waals surface area contributed by atoms with E-state index in [1.807, 2.05) is 19.1 Å². The minimum absolute atomic E-state index is 0.00613. The van der Waals surface area contributed by atoms with Crippen LogP contribution in [0.5, 0.6) is 5.75 Å². The fraction of sp³-hybridized carbons (Fsp3) is 0.474. The second-order valence-electron chi connectivity index (χ2n) is 6.60. The van der Waals surface area contributed by atoms with Crippen LogP contribution < -0.4 is 15.4 Å². The molecule has 1 amide bonds. The van der Waals surface area contributed by atoms with E-state index in [0.29, 0.717) is 12.2 Å². The van der Waals surface area contributed by atoms with Crippen molar-refractivity contribution in [2.75, 3.05) is 20.2 Å². The molecule has 7 nitrogen and oxygen atoms in total. The highest BCUT2D eigenvalue weighted by Gasteiger charge is 2.38. The topological polar surface area (TPSA) is 96.6 Å². The van der Waals surface area contributed by atoms with Crippen LogP contribution in [-0.2, 0) is 17.4 Å². The molecule has 1 heterocycles. The third-order valence-corrected chi connectivity index (χ3v) is 4.15. The Labute approximate surface area is 166 Å². The highest BCUT2D eigenvalue weighted by molar-refractivity contribution is 5.77. The number of ether oxygens (including phenoxy) is 1. The normalized spacial score (nSPS) is 13.8. The monoisotopic (exact) mass is 415 g/mol. The molecule has 2 aromatic rings. The van der Waals surface area contributed by atoms with Gasteiger partial charge < -0.3 is 24.9 Å². The molecule has 3 N–H and O–H groups in total. The summed E-state index contributed by atoms with van der Waals surface area (Å²) >= 11 is 0. The van der Waals surface area contributed by atoms with Crippen LogP contribution in [0.2, 0.25) is 0 Å². The predicted octanol–water partition coefficient (Wildman–Crippen LogP) is 2.38. The third-order valence-electron chi connectivity index (χ3n) is 4.15. The number of aliphatic hydroxyl groups is 1. The van der Waals surface area contributed by atoms with Gasteiger partial charge >= 0.3 is 12.1 Å². The number of amides is 1. The maximum absolute atomic E-state index is 12.7. The van der Waals surface area contributed by atoms with E-state index >= 15 is 0 Å². The molecule has 0 aliphatic heterocycles. The number of aryl methyl sites for hydroxylation is 1. The van der Waals surface area contributed by atoms with E-state index in [9.17, 15) is 23.1 Å². The van der Waals surface area contributed by atoms with Crippen LogP contribution in [-0.4, -0.2) is 42.2 Å². The fourth-order valence-corrected chi connectivity index (χ4v) is 2.61. The molecular weight excluding hydrogens is 391 g/mol. The van der Waals surface area contributed by atoms with E-state index in [-0.39, 0.29) is 36.6 Å². The summed E-state index contributed by atoms with van der Waals surface area (Å²) < 4.78 is 48.0. The quantitative estimate of drug-likeness (QED) is 0.582. The SMILES string of the molecule is CNC(=O)COc1ccc(CC(C)NCC(O)c2oc(C(F)(F)F)nc2C)cc1. The van der Waals surface area contributed by atoms with Gasteiger partial charge in [-0.1, -0.05) is 12.1 Å². The Morgan fingerprint density at radius 3 is 2.52 bits per heavy atom. The number of nitrogens with one attached hydrogen (secondary N) is 2. The maximum atomic E-state index is 12.7. The van der Waals surface area contributed by atoms with Gasteiger partial charge in [0.2, 0.25) is 0 Å². The Bertz CT molecular complexity index is 806. The third kappa shape index (κ3) is 6.75. The van der Waals surface area contributed by atoms with Crippen LogP contribution in [0.15, 0.2) is 28.7 Å². The summed E-state index contributed by atoms with van der Waals surface area (Å²) in [5.74, 6) is -1.23. The average Bonchev–Trinajstić information content (AvgIpc) is 3.07. The van der Waals surface area contributed by atoms with Crippen molar-refractivity contribution in [3.05, 3.63) is 47.2 Å². The zero-order valence-electron chi connectivity index (χ0n) is 16.3. The van der Waals surface area contributed by atoms with Crippen molar-refractivity contribution in [1.29, 1.82) is 0 Å². The number of likely N-dealkylation sites (N-methyl/N-ethyl adjacent to an activating group) is 1. The summed E-state index contributed by atoms with van der Waals surface area (Å²) in [4.78, 5) is 14.5. The van der Waals surface area contributed by atoms with E-state index in [0.717, 1.165) is 5.56 Å². The van der Waals surface area contributed by atoms with Crippen LogP contribution in [0.1, 0.15) is 35.9 Å². The molecule has 0 aliphatic rings. The van der Waals surface area contributed by atoms with Crippen LogP contribution in [0.3, 0.4) is 0 Å². The van der Waals surface area contributed by atoms with Crippen molar-refractivity contribution in [1.82, 2.24) is 15.6 Å². The highest BCUT2D eigenvalue weighted by Crippen LogP contribution is 2.31. The van der Waals surface area contributed by atoms with Crippen LogP contribution in [0, 0.1) is 6.92 Å². The van der Waals surface area contributed by atoms with E-state index in [1.54, 1.807) is 12.1 Å². The summed E-state index contributed by atoms with van der Waals surface area (Å²) in [6, 6.07) is 7.13. The molecule has 1 aromatic carbocycles. The molecule has 0 aliphatic carbocycles. The first-order valence-electron chi connectivity index (χ1n) is 8.98. The number of carbonyl (C=O) groups excluding carboxylic acids is 1. The number of carbonyl (C=O) groups is 1.